The highest BCUT2D eigenvalue weighted by atomic mass is 16.5. The molecule has 4 heteroatoms. The van der Waals surface area contributed by atoms with Crippen molar-refractivity contribution in [3.8, 4) is 12.3 Å². The largest absolute Gasteiger partial charge is 0.463 e. The molecule has 0 radical (unpaired) electrons. The maximum atomic E-state index is 11.2. The Kier molecular flexibility index (Phi) is 3.89. The SMILES string of the molecule is C#Cc1cccc(NCc2ccc(C(=O)OC)o2)c1. The van der Waals surface area contributed by atoms with Crippen LogP contribution in [0.2, 0.25) is 0 Å². The van der Waals surface area contributed by atoms with Crippen molar-refractivity contribution in [1.82, 2.24) is 0 Å². The number of benzene rings is 1. The van der Waals surface area contributed by atoms with E-state index in [9.17, 15) is 4.79 Å². The van der Waals surface area contributed by atoms with Crippen molar-refractivity contribution >= 4 is 11.7 Å². The molecule has 2 aromatic rings. The molecule has 1 aromatic heterocycles. The van der Waals surface area contributed by atoms with E-state index in [1.807, 2.05) is 24.3 Å². The van der Waals surface area contributed by atoms with Crippen LogP contribution in [0, 0.1) is 12.3 Å². The van der Waals surface area contributed by atoms with E-state index >= 15 is 0 Å². The zero-order valence-electron chi connectivity index (χ0n) is 10.5. The van der Waals surface area contributed by atoms with Gasteiger partial charge in [0.25, 0.3) is 0 Å². The molecular weight excluding hydrogens is 242 g/mol. The summed E-state index contributed by atoms with van der Waals surface area (Å²) in [5.74, 6) is 2.92. The summed E-state index contributed by atoms with van der Waals surface area (Å²) in [5.41, 5.74) is 1.70. The fraction of sp³-hybridized carbons (Fsp3) is 0.133. The van der Waals surface area contributed by atoms with Gasteiger partial charge < -0.3 is 14.5 Å². The summed E-state index contributed by atoms with van der Waals surface area (Å²) < 4.78 is 9.90. The van der Waals surface area contributed by atoms with Gasteiger partial charge in [0.05, 0.1) is 13.7 Å². The number of nitrogens with one attached hydrogen (secondary N) is 1. The Hall–Kier alpha value is -2.67. The predicted molar refractivity (Wildman–Crippen MR) is 71.8 cm³/mol. The van der Waals surface area contributed by atoms with Gasteiger partial charge in [0.15, 0.2) is 0 Å². The smallest absolute Gasteiger partial charge is 0.373 e. The molecule has 96 valence electrons. The van der Waals surface area contributed by atoms with Crippen LogP contribution in [0.3, 0.4) is 0 Å². The molecule has 0 saturated carbocycles. The van der Waals surface area contributed by atoms with Crippen LogP contribution in [-0.2, 0) is 11.3 Å². The molecule has 0 saturated heterocycles. The van der Waals surface area contributed by atoms with E-state index in [1.165, 1.54) is 7.11 Å². The highest BCUT2D eigenvalue weighted by molar-refractivity contribution is 5.86. The summed E-state index contributed by atoms with van der Waals surface area (Å²) in [6.07, 6.45) is 5.33. The number of carbonyl (C=O) groups is 1. The lowest BCUT2D eigenvalue weighted by Crippen LogP contribution is -2.00. The molecule has 1 aromatic carbocycles. The van der Waals surface area contributed by atoms with Crippen LogP contribution in [0.1, 0.15) is 21.9 Å². The predicted octanol–water partition coefficient (Wildman–Crippen LogP) is 2.66. The zero-order valence-corrected chi connectivity index (χ0v) is 10.5. The van der Waals surface area contributed by atoms with Gasteiger partial charge in [0, 0.05) is 11.3 Å². The standard InChI is InChI=1S/C15H13NO3/c1-3-11-5-4-6-12(9-11)16-10-13-7-8-14(19-13)15(17)18-2/h1,4-9,16H,10H2,2H3. The van der Waals surface area contributed by atoms with Gasteiger partial charge in [0.1, 0.15) is 5.76 Å². The maximum absolute atomic E-state index is 11.2. The summed E-state index contributed by atoms with van der Waals surface area (Å²) in [7, 11) is 1.31. The van der Waals surface area contributed by atoms with Crippen LogP contribution in [0.25, 0.3) is 0 Å². The molecule has 1 N–H and O–H groups in total. The number of terminal acetylenes is 1. The Labute approximate surface area is 111 Å². The average Bonchev–Trinajstić information content (AvgIpc) is 2.93. The fourth-order valence-electron chi connectivity index (χ4n) is 1.59. The molecule has 0 spiro atoms. The van der Waals surface area contributed by atoms with Crippen molar-refractivity contribution in [1.29, 1.82) is 0 Å². The van der Waals surface area contributed by atoms with E-state index in [0.29, 0.717) is 12.3 Å². The van der Waals surface area contributed by atoms with Crippen molar-refractivity contribution in [2.45, 2.75) is 6.54 Å². The number of anilines is 1. The number of hydrogen-bond acceptors (Lipinski definition) is 4. The summed E-state index contributed by atoms with van der Waals surface area (Å²) in [6.45, 7) is 0.463. The monoisotopic (exact) mass is 255 g/mol. The summed E-state index contributed by atoms with van der Waals surface area (Å²) >= 11 is 0. The molecular formula is C15H13NO3. The molecule has 0 aliphatic carbocycles. The topological polar surface area (TPSA) is 51.5 Å². The van der Waals surface area contributed by atoms with Gasteiger partial charge in [-0.3, -0.25) is 0 Å². The van der Waals surface area contributed by atoms with Crippen LogP contribution in [0.4, 0.5) is 5.69 Å². The van der Waals surface area contributed by atoms with Crippen molar-refractivity contribution in [3.05, 3.63) is 53.5 Å². The highest BCUT2D eigenvalue weighted by Crippen LogP contribution is 2.14. The molecule has 1 heterocycles. The van der Waals surface area contributed by atoms with E-state index in [1.54, 1.807) is 12.1 Å². The molecule has 0 atom stereocenters. The first-order valence-electron chi connectivity index (χ1n) is 5.70. The Balaban J connectivity index is 2.00. The number of carbonyl (C=O) groups excluding carboxylic acids is 1. The number of methoxy groups -OCH3 is 1. The second kappa shape index (κ2) is 5.78. The van der Waals surface area contributed by atoms with Gasteiger partial charge in [-0.25, -0.2) is 4.79 Å². The minimum atomic E-state index is -0.486. The van der Waals surface area contributed by atoms with Crippen LogP contribution in [0.5, 0.6) is 0 Å². The van der Waals surface area contributed by atoms with Gasteiger partial charge in [-0.2, -0.15) is 0 Å². The Bertz CT molecular complexity index is 622. The van der Waals surface area contributed by atoms with E-state index in [2.05, 4.69) is 16.0 Å². The van der Waals surface area contributed by atoms with E-state index in [-0.39, 0.29) is 5.76 Å². The first-order chi connectivity index (χ1) is 9.22. The summed E-state index contributed by atoms with van der Waals surface area (Å²) in [4.78, 5) is 11.2. The zero-order chi connectivity index (χ0) is 13.7. The lowest BCUT2D eigenvalue weighted by Gasteiger charge is -2.04. The average molecular weight is 255 g/mol. The number of ether oxygens (including phenoxy) is 1. The van der Waals surface area contributed by atoms with Crippen LogP contribution in [-0.4, -0.2) is 13.1 Å². The maximum Gasteiger partial charge on any atom is 0.373 e. The number of rotatable bonds is 4. The van der Waals surface area contributed by atoms with Crippen molar-refractivity contribution in [2.75, 3.05) is 12.4 Å². The lowest BCUT2D eigenvalue weighted by molar-refractivity contribution is 0.0563. The Morgan fingerprint density at radius 2 is 2.26 bits per heavy atom. The third-order valence-electron chi connectivity index (χ3n) is 2.54. The van der Waals surface area contributed by atoms with Crippen molar-refractivity contribution in [2.24, 2.45) is 0 Å². The van der Waals surface area contributed by atoms with Gasteiger partial charge >= 0.3 is 5.97 Å². The fourth-order valence-corrected chi connectivity index (χ4v) is 1.59. The molecule has 2 rings (SSSR count). The number of furan rings is 1. The minimum absolute atomic E-state index is 0.191. The van der Waals surface area contributed by atoms with Gasteiger partial charge in [-0.1, -0.05) is 12.0 Å². The number of hydrogen-bond donors (Lipinski definition) is 1. The van der Waals surface area contributed by atoms with E-state index in [4.69, 9.17) is 10.8 Å². The first-order valence-corrected chi connectivity index (χ1v) is 5.70. The van der Waals surface area contributed by atoms with E-state index in [0.717, 1.165) is 11.3 Å². The van der Waals surface area contributed by atoms with E-state index < -0.39 is 5.97 Å². The molecule has 4 nitrogen and oxygen atoms in total. The Morgan fingerprint density at radius 1 is 1.42 bits per heavy atom. The van der Waals surface area contributed by atoms with Crippen molar-refractivity contribution in [3.63, 3.8) is 0 Å². The molecule has 0 aliphatic rings. The van der Waals surface area contributed by atoms with Gasteiger partial charge in [0.2, 0.25) is 5.76 Å². The second-order valence-corrected chi connectivity index (χ2v) is 3.84. The molecule has 0 bridgehead atoms. The number of esters is 1. The minimum Gasteiger partial charge on any atom is -0.463 e. The first kappa shape index (κ1) is 12.8. The van der Waals surface area contributed by atoms with Crippen LogP contribution < -0.4 is 5.32 Å². The third kappa shape index (κ3) is 3.17. The van der Waals surface area contributed by atoms with Crippen LogP contribution in [0.15, 0.2) is 40.8 Å². The Morgan fingerprint density at radius 3 is 3.00 bits per heavy atom. The molecule has 19 heavy (non-hydrogen) atoms. The molecule has 0 fully saturated rings. The molecule has 0 amide bonds. The molecule has 0 unspecified atom stereocenters. The lowest BCUT2D eigenvalue weighted by atomic mass is 10.2. The third-order valence-corrected chi connectivity index (χ3v) is 2.54. The second-order valence-electron chi connectivity index (χ2n) is 3.84. The van der Waals surface area contributed by atoms with Gasteiger partial charge in [-0.15, -0.1) is 6.42 Å². The molecule has 0 aliphatic heterocycles. The normalized spacial score (nSPS) is 9.68. The quantitative estimate of drug-likeness (QED) is 0.674. The highest BCUT2D eigenvalue weighted by Gasteiger charge is 2.10. The van der Waals surface area contributed by atoms with Gasteiger partial charge in [-0.05, 0) is 30.3 Å². The van der Waals surface area contributed by atoms with Crippen molar-refractivity contribution < 1.29 is 13.9 Å². The summed E-state index contributed by atoms with van der Waals surface area (Å²) in [6, 6.07) is 10.8. The van der Waals surface area contributed by atoms with Crippen LogP contribution >= 0.6 is 0 Å². The summed E-state index contributed by atoms with van der Waals surface area (Å²) in [5, 5.41) is 3.16.